The third kappa shape index (κ3) is 5.92. The molecule has 0 aromatic rings. The van der Waals surface area contributed by atoms with E-state index in [9.17, 15) is 4.79 Å². The van der Waals surface area contributed by atoms with Gasteiger partial charge < -0.3 is 10.1 Å². The quantitative estimate of drug-likeness (QED) is 0.385. The van der Waals surface area contributed by atoms with Gasteiger partial charge in [-0.25, -0.2) is 0 Å². The van der Waals surface area contributed by atoms with Crippen molar-refractivity contribution >= 4 is 5.91 Å². The van der Waals surface area contributed by atoms with Crippen molar-refractivity contribution in [3.8, 4) is 0 Å². The fourth-order valence-corrected chi connectivity index (χ4v) is 0.562. The average molecular weight is 171 g/mol. The van der Waals surface area contributed by atoms with Crippen LogP contribution in [0, 0.1) is 5.92 Å². The van der Waals surface area contributed by atoms with Gasteiger partial charge >= 0.3 is 0 Å². The first-order valence-corrected chi connectivity index (χ1v) is 4.05. The van der Waals surface area contributed by atoms with Crippen LogP contribution in [0.25, 0.3) is 0 Å². The topological polar surface area (TPSA) is 38.3 Å². The molecule has 0 fully saturated rings. The van der Waals surface area contributed by atoms with Gasteiger partial charge in [-0.2, -0.15) is 0 Å². The van der Waals surface area contributed by atoms with E-state index in [1.54, 1.807) is 6.92 Å². The number of rotatable bonds is 5. The Kier molecular flexibility index (Phi) is 5.37. The molecule has 0 aromatic heterocycles. The summed E-state index contributed by atoms with van der Waals surface area (Å²) in [5.74, 6) is 0.338. The van der Waals surface area contributed by atoms with Gasteiger partial charge in [-0.05, 0) is 12.8 Å². The highest BCUT2D eigenvalue weighted by Crippen LogP contribution is 1.91. The smallest absolute Gasteiger partial charge is 0.248 e. The normalized spacial score (nSPS) is 10.0. The van der Waals surface area contributed by atoms with Gasteiger partial charge in [-0.3, -0.25) is 4.79 Å². The molecule has 0 saturated carbocycles. The monoisotopic (exact) mass is 171 g/mol. The molecule has 0 aromatic carbocycles. The molecule has 70 valence electrons. The van der Waals surface area contributed by atoms with E-state index in [-0.39, 0.29) is 12.6 Å². The minimum atomic E-state index is -0.154. The van der Waals surface area contributed by atoms with Crippen LogP contribution < -0.4 is 5.32 Å². The van der Waals surface area contributed by atoms with E-state index in [0.717, 1.165) is 0 Å². The molecule has 0 atom stereocenters. The van der Waals surface area contributed by atoms with Crippen LogP contribution in [-0.2, 0) is 9.53 Å². The van der Waals surface area contributed by atoms with Crippen LogP contribution in [0.2, 0.25) is 0 Å². The molecule has 0 aliphatic rings. The number of hydrogen-bond donors (Lipinski definition) is 1. The standard InChI is InChI=1S/C9H17NO2/c1-7(2)5-12-6-10-9(11)8(3)4/h7H,3,5-6H2,1-2,4H3,(H,10,11). The van der Waals surface area contributed by atoms with E-state index >= 15 is 0 Å². The summed E-state index contributed by atoms with van der Waals surface area (Å²) in [5.41, 5.74) is 0.503. The summed E-state index contributed by atoms with van der Waals surface area (Å²) < 4.78 is 5.14. The first kappa shape index (κ1) is 11.2. The van der Waals surface area contributed by atoms with Crippen LogP contribution in [0.1, 0.15) is 20.8 Å². The lowest BCUT2D eigenvalue weighted by molar-refractivity contribution is -0.119. The summed E-state index contributed by atoms with van der Waals surface area (Å²) in [7, 11) is 0. The Bertz CT molecular complexity index is 164. The van der Waals surface area contributed by atoms with Crippen molar-refractivity contribution in [2.75, 3.05) is 13.3 Å². The number of ether oxygens (including phenoxy) is 1. The molecule has 3 nitrogen and oxygen atoms in total. The van der Waals surface area contributed by atoms with E-state index in [1.807, 2.05) is 0 Å². The van der Waals surface area contributed by atoms with Gasteiger partial charge in [0, 0.05) is 5.57 Å². The van der Waals surface area contributed by atoms with E-state index < -0.39 is 0 Å². The Hall–Kier alpha value is -0.830. The summed E-state index contributed by atoms with van der Waals surface area (Å²) in [5, 5.41) is 2.58. The van der Waals surface area contributed by atoms with Crippen LogP contribution in [0.3, 0.4) is 0 Å². The molecular weight excluding hydrogens is 154 g/mol. The average Bonchev–Trinajstić information content (AvgIpc) is 1.97. The molecule has 1 amide bonds. The maximum absolute atomic E-state index is 10.9. The number of carbonyl (C=O) groups excluding carboxylic acids is 1. The molecule has 0 bridgehead atoms. The van der Waals surface area contributed by atoms with E-state index in [2.05, 4.69) is 25.7 Å². The molecule has 0 aliphatic heterocycles. The van der Waals surface area contributed by atoms with Crippen molar-refractivity contribution in [2.24, 2.45) is 5.92 Å². The fraction of sp³-hybridized carbons (Fsp3) is 0.667. The first-order chi connectivity index (χ1) is 5.54. The molecule has 0 heterocycles. The van der Waals surface area contributed by atoms with Crippen LogP contribution in [0.5, 0.6) is 0 Å². The molecular formula is C9H17NO2. The van der Waals surface area contributed by atoms with E-state index in [4.69, 9.17) is 4.74 Å². The summed E-state index contributed by atoms with van der Waals surface area (Å²) in [6.45, 7) is 10.2. The van der Waals surface area contributed by atoms with Crippen LogP contribution in [-0.4, -0.2) is 19.2 Å². The highest BCUT2D eigenvalue weighted by molar-refractivity contribution is 5.91. The minimum absolute atomic E-state index is 0.154. The number of nitrogens with one attached hydrogen (secondary N) is 1. The third-order valence-electron chi connectivity index (χ3n) is 1.17. The molecule has 0 rings (SSSR count). The maximum atomic E-state index is 10.9. The van der Waals surface area contributed by atoms with Gasteiger partial charge in [0.2, 0.25) is 5.91 Å². The molecule has 3 heteroatoms. The lowest BCUT2D eigenvalue weighted by atomic mass is 10.2. The Morgan fingerprint density at radius 3 is 2.58 bits per heavy atom. The summed E-state index contributed by atoms with van der Waals surface area (Å²) >= 11 is 0. The lowest BCUT2D eigenvalue weighted by Crippen LogP contribution is -2.27. The fourth-order valence-electron chi connectivity index (χ4n) is 0.562. The highest BCUT2D eigenvalue weighted by Gasteiger charge is 1.99. The second-order valence-electron chi connectivity index (χ2n) is 3.20. The van der Waals surface area contributed by atoms with Gasteiger partial charge in [0.1, 0.15) is 6.73 Å². The van der Waals surface area contributed by atoms with Crippen molar-refractivity contribution in [3.63, 3.8) is 0 Å². The predicted octanol–water partition coefficient (Wildman–Crippen LogP) is 1.31. The largest absolute Gasteiger partial charge is 0.361 e. The molecule has 0 saturated heterocycles. The van der Waals surface area contributed by atoms with E-state index in [1.165, 1.54) is 0 Å². The van der Waals surface area contributed by atoms with Crippen molar-refractivity contribution < 1.29 is 9.53 Å². The second kappa shape index (κ2) is 5.77. The zero-order valence-electron chi connectivity index (χ0n) is 8.02. The van der Waals surface area contributed by atoms with Gasteiger partial charge in [0.15, 0.2) is 0 Å². The van der Waals surface area contributed by atoms with Crippen molar-refractivity contribution in [1.29, 1.82) is 0 Å². The number of carbonyl (C=O) groups is 1. The Balaban J connectivity index is 3.32. The predicted molar refractivity (Wildman–Crippen MR) is 48.6 cm³/mol. The SMILES string of the molecule is C=C(C)C(=O)NCOCC(C)C. The van der Waals surface area contributed by atoms with Crippen molar-refractivity contribution in [1.82, 2.24) is 5.32 Å². The first-order valence-electron chi connectivity index (χ1n) is 4.05. The zero-order chi connectivity index (χ0) is 9.56. The lowest BCUT2D eigenvalue weighted by Gasteiger charge is -2.07. The Morgan fingerprint density at radius 2 is 2.17 bits per heavy atom. The second-order valence-corrected chi connectivity index (χ2v) is 3.20. The molecule has 0 radical (unpaired) electrons. The summed E-state index contributed by atoms with van der Waals surface area (Å²) in [4.78, 5) is 10.9. The Morgan fingerprint density at radius 1 is 1.58 bits per heavy atom. The van der Waals surface area contributed by atoms with E-state index in [0.29, 0.717) is 18.1 Å². The maximum Gasteiger partial charge on any atom is 0.248 e. The Labute approximate surface area is 73.8 Å². The van der Waals surface area contributed by atoms with Gasteiger partial charge in [0.05, 0.1) is 6.61 Å². The number of amides is 1. The van der Waals surface area contributed by atoms with Gasteiger partial charge in [-0.15, -0.1) is 0 Å². The third-order valence-corrected chi connectivity index (χ3v) is 1.17. The summed E-state index contributed by atoms with van der Waals surface area (Å²) in [6.07, 6.45) is 0. The molecule has 0 spiro atoms. The zero-order valence-corrected chi connectivity index (χ0v) is 8.02. The summed E-state index contributed by atoms with van der Waals surface area (Å²) in [6, 6.07) is 0. The molecule has 12 heavy (non-hydrogen) atoms. The van der Waals surface area contributed by atoms with Crippen LogP contribution >= 0.6 is 0 Å². The minimum Gasteiger partial charge on any atom is -0.361 e. The molecule has 0 aliphatic carbocycles. The highest BCUT2D eigenvalue weighted by atomic mass is 16.5. The van der Waals surface area contributed by atoms with Gasteiger partial charge in [0.25, 0.3) is 0 Å². The number of hydrogen-bond acceptors (Lipinski definition) is 2. The van der Waals surface area contributed by atoms with Crippen LogP contribution in [0.4, 0.5) is 0 Å². The van der Waals surface area contributed by atoms with Gasteiger partial charge in [-0.1, -0.05) is 20.4 Å². The molecule has 1 N–H and O–H groups in total. The van der Waals surface area contributed by atoms with Crippen molar-refractivity contribution in [3.05, 3.63) is 12.2 Å². The van der Waals surface area contributed by atoms with Crippen molar-refractivity contribution in [2.45, 2.75) is 20.8 Å². The molecule has 0 unspecified atom stereocenters. The van der Waals surface area contributed by atoms with Crippen LogP contribution in [0.15, 0.2) is 12.2 Å².